The first kappa shape index (κ1) is 8.90. The van der Waals surface area contributed by atoms with Crippen LogP contribution in [0.25, 0.3) is 4.83 Å². The summed E-state index contributed by atoms with van der Waals surface area (Å²) in [5, 5.41) is 0. The minimum Gasteiger partial charge on any atom is -0.294 e. The van der Waals surface area contributed by atoms with Crippen LogP contribution < -0.4 is 0 Å². The average Bonchev–Trinajstić information content (AvgIpc) is 2.55. The molecule has 5 heteroatoms. The molecule has 0 bridgehead atoms. The van der Waals surface area contributed by atoms with Gasteiger partial charge in [-0.2, -0.15) is 0 Å². The second kappa shape index (κ2) is 2.92. The Hall–Kier alpha value is -0.680. The van der Waals surface area contributed by atoms with Crippen molar-refractivity contribution in [1.82, 2.24) is 9.38 Å². The van der Waals surface area contributed by atoms with Crippen molar-refractivity contribution in [3.8, 4) is 0 Å². The fourth-order valence-corrected chi connectivity index (χ4v) is 2.84. The standard InChI is InChI=1S/C8H7BrN2OS/c1-4-5(2)13-8-7(9)10-6(3-12)11(4)8/h3H,1-2H3. The minimum absolute atomic E-state index is 0.462. The minimum atomic E-state index is 0.462. The highest BCUT2D eigenvalue weighted by Crippen LogP contribution is 2.29. The van der Waals surface area contributed by atoms with Gasteiger partial charge in [0.25, 0.3) is 0 Å². The highest BCUT2D eigenvalue weighted by molar-refractivity contribution is 9.10. The molecule has 0 aliphatic rings. The molecular formula is C8H7BrN2OS. The fraction of sp³-hybridized carbons (Fsp3) is 0.250. The highest BCUT2D eigenvalue weighted by atomic mass is 79.9. The molecule has 0 unspecified atom stereocenters. The number of rotatable bonds is 1. The smallest absolute Gasteiger partial charge is 0.186 e. The Kier molecular flexibility index (Phi) is 2.00. The van der Waals surface area contributed by atoms with E-state index in [0.29, 0.717) is 5.82 Å². The van der Waals surface area contributed by atoms with E-state index in [-0.39, 0.29) is 0 Å². The summed E-state index contributed by atoms with van der Waals surface area (Å²) in [5.74, 6) is 0.462. The molecular weight excluding hydrogens is 252 g/mol. The topological polar surface area (TPSA) is 34.4 Å². The SMILES string of the molecule is Cc1sc2c(Br)nc(C=O)n2c1C. The molecule has 0 aromatic carbocycles. The third-order valence-corrected chi connectivity index (χ3v) is 4.01. The van der Waals surface area contributed by atoms with Gasteiger partial charge in [-0.05, 0) is 29.8 Å². The zero-order chi connectivity index (χ0) is 9.59. The fourth-order valence-electron chi connectivity index (χ4n) is 1.26. The molecule has 0 spiro atoms. The summed E-state index contributed by atoms with van der Waals surface area (Å²) in [7, 11) is 0. The van der Waals surface area contributed by atoms with Gasteiger partial charge in [0.2, 0.25) is 0 Å². The molecule has 0 fully saturated rings. The van der Waals surface area contributed by atoms with E-state index in [1.165, 1.54) is 4.88 Å². The summed E-state index contributed by atoms with van der Waals surface area (Å²) in [4.78, 5) is 17.0. The van der Waals surface area contributed by atoms with Crippen LogP contribution in [0.1, 0.15) is 21.2 Å². The van der Waals surface area contributed by atoms with Gasteiger partial charge in [-0.25, -0.2) is 4.98 Å². The molecule has 2 aromatic rings. The van der Waals surface area contributed by atoms with E-state index in [2.05, 4.69) is 20.9 Å². The van der Waals surface area contributed by atoms with Gasteiger partial charge in [-0.15, -0.1) is 11.3 Å². The number of hydrogen-bond donors (Lipinski definition) is 0. The lowest BCUT2D eigenvalue weighted by Crippen LogP contribution is -1.93. The Morgan fingerprint density at radius 1 is 1.54 bits per heavy atom. The lowest BCUT2D eigenvalue weighted by Gasteiger charge is -1.91. The highest BCUT2D eigenvalue weighted by Gasteiger charge is 2.14. The van der Waals surface area contributed by atoms with E-state index in [4.69, 9.17) is 0 Å². The maximum atomic E-state index is 10.7. The number of aryl methyl sites for hydroxylation is 2. The van der Waals surface area contributed by atoms with E-state index >= 15 is 0 Å². The van der Waals surface area contributed by atoms with Gasteiger partial charge in [0.15, 0.2) is 12.1 Å². The number of carbonyl (C=O) groups excluding carboxylic acids is 1. The maximum absolute atomic E-state index is 10.7. The van der Waals surface area contributed by atoms with Crippen molar-refractivity contribution in [3.63, 3.8) is 0 Å². The van der Waals surface area contributed by atoms with E-state index in [1.54, 1.807) is 11.3 Å². The van der Waals surface area contributed by atoms with E-state index < -0.39 is 0 Å². The molecule has 68 valence electrons. The number of fused-ring (bicyclic) bond motifs is 1. The predicted molar refractivity (Wildman–Crippen MR) is 55.6 cm³/mol. The summed E-state index contributed by atoms with van der Waals surface area (Å²) >= 11 is 4.96. The first-order valence-corrected chi connectivity index (χ1v) is 5.35. The number of aromatic nitrogens is 2. The third kappa shape index (κ3) is 1.14. The van der Waals surface area contributed by atoms with E-state index in [0.717, 1.165) is 21.4 Å². The Bertz CT molecular complexity index is 486. The van der Waals surface area contributed by atoms with Crippen LogP contribution in [0.2, 0.25) is 0 Å². The molecule has 2 rings (SSSR count). The summed E-state index contributed by atoms with van der Waals surface area (Å²) < 4.78 is 2.62. The summed E-state index contributed by atoms with van der Waals surface area (Å²) in [6, 6.07) is 0. The van der Waals surface area contributed by atoms with Crippen LogP contribution in [0, 0.1) is 13.8 Å². The molecule has 0 atom stereocenters. The monoisotopic (exact) mass is 258 g/mol. The van der Waals surface area contributed by atoms with Crippen molar-refractivity contribution in [1.29, 1.82) is 0 Å². The van der Waals surface area contributed by atoms with Crippen molar-refractivity contribution in [2.75, 3.05) is 0 Å². The molecule has 0 aliphatic carbocycles. The van der Waals surface area contributed by atoms with Crippen molar-refractivity contribution < 1.29 is 4.79 Å². The zero-order valence-corrected chi connectivity index (χ0v) is 9.57. The number of aldehydes is 1. The van der Waals surface area contributed by atoms with Crippen LogP contribution in [-0.2, 0) is 0 Å². The Balaban J connectivity index is 2.95. The van der Waals surface area contributed by atoms with Gasteiger partial charge in [-0.3, -0.25) is 9.20 Å². The van der Waals surface area contributed by atoms with E-state index in [1.807, 2.05) is 18.2 Å². The van der Waals surface area contributed by atoms with Gasteiger partial charge in [0.05, 0.1) is 0 Å². The maximum Gasteiger partial charge on any atom is 0.186 e. The predicted octanol–water partition coefficient (Wildman–Crippen LogP) is 2.59. The van der Waals surface area contributed by atoms with Crippen LogP contribution in [0.15, 0.2) is 4.60 Å². The van der Waals surface area contributed by atoms with Crippen LogP contribution in [0.4, 0.5) is 0 Å². The van der Waals surface area contributed by atoms with Crippen molar-refractivity contribution in [2.24, 2.45) is 0 Å². The van der Waals surface area contributed by atoms with Crippen molar-refractivity contribution >= 4 is 38.4 Å². The zero-order valence-electron chi connectivity index (χ0n) is 7.17. The number of thiazole rings is 1. The largest absolute Gasteiger partial charge is 0.294 e. The van der Waals surface area contributed by atoms with Gasteiger partial charge in [-0.1, -0.05) is 0 Å². The lowest BCUT2D eigenvalue weighted by atomic mass is 10.4. The Morgan fingerprint density at radius 2 is 2.23 bits per heavy atom. The first-order chi connectivity index (χ1) is 6.15. The molecule has 0 saturated carbocycles. The van der Waals surface area contributed by atoms with Crippen LogP contribution in [-0.4, -0.2) is 15.7 Å². The average molecular weight is 259 g/mol. The van der Waals surface area contributed by atoms with Crippen molar-refractivity contribution in [2.45, 2.75) is 13.8 Å². The molecule has 0 saturated heterocycles. The number of carbonyl (C=O) groups is 1. The summed E-state index contributed by atoms with van der Waals surface area (Å²) in [6.45, 7) is 4.02. The normalized spacial score (nSPS) is 11.0. The molecule has 2 aromatic heterocycles. The molecule has 0 amide bonds. The van der Waals surface area contributed by atoms with Crippen LogP contribution in [0.5, 0.6) is 0 Å². The van der Waals surface area contributed by atoms with Gasteiger partial charge < -0.3 is 0 Å². The van der Waals surface area contributed by atoms with Crippen molar-refractivity contribution in [3.05, 3.63) is 21.0 Å². The molecule has 0 aliphatic heterocycles. The molecule has 3 nitrogen and oxygen atoms in total. The van der Waals surface area contributed by atoms with Gasteiger partial charge >= 0.3 is 0 Å². The van der Waals surface area contributed by atoms with Crippen LogP contribution >= 0.6 is 27.3 Å². The molecule has 13 heavy (non-hydrogen) atoms. The van der Waals surface area contributed by atoms with Gasteiger partial charge in [0, 0.05) is 10.6 Å². The lowest BCUT2D eigenvalue weighted by molar-refractivity contribution is 0.111. The molecule has 0 N–H and O–H groups in total. The summed E-state index contributed by atoms with van der Waals surface area (Å²) in [5.41, 5.74) is 1.08. The number of halogens is 1. The first-order valence-electron chi connectivity index (χ1n) is 3.74. The molecule has 2 heterocycles. The number of nitrogens with zero attached hydrogens (tertiary/aromatic N) is 2. The Morgan fingerprint density at radius 3 is 2.85 bits per heavy atom. The van der Waals surface area contributed by atoms with E-state index in [9.17, 15) is 4.79 Å². The van der Waals surface area contributed by atoms with Crippen LogP contribution in [0.3, 0.4) is 0 Å². The quantitative estimate of drug-likeness (QED) is 0.738. The second-order valence-corrected chi connectivity index (χ2v) is 4.72. The van der Waals surface area contributed by atoms with Gasteiger partial charge in [0.1, 0.15) is 9.43 Å². The second-order valence-electron chi connectivity index (χ2n) is 2.76. The number of hydrogen-bond acceptors (Lipinski definition) is 3. The summed E-state index contributed by atoms with van der Waals surface area (Å²) in [6.07, 6.45) is 0.775. The number of imidazole rings is 1. The third-order valence-electron chi connectivity index (χ3n) is 2.02. The molecule has 0 radical (unpaired) electrons. The Labute approximate surface area is 87.5 Å².